The molecule has 0 bridgehead atoms. The maximum atomic E-state index is 11.6. The van der Waals surface area contributed by atoms with E-state index in [9.17, 15) is 4.79 Å². The topological polar surface area (TPSA) is 41.5 Å². The van der Waals surface area contributed by atoms with Crippen molar-refractivity contribution in [3.8, 4) is 0 Å². The molecule has 3 nitrogen and oxygen atoms in total. The quantitative estimate of drug-likeness (QED) is 0.852. The van der Waals surface area contributed by atoms with E-state index < -0.39 is 0 Å². The summed E-state index contributed by atoms with van der Waals surface area (Å²) in [5, 5.41) is 4.35. The highest BCUT2D eigenvalue weighted by Crippen LogP contribution is 2.23. The molecule has 0 saturated carbocycles. The fourth-order valence-corrected chi connectivity index (χ4v) is 2.38. The van der Waals surface area contributed by atoms with Crippen LogP contribution in [-0.4, -0.2) is 23.4 Å². The molecule has 0 atom stereocenters. The Hall–Kier alpha value is -0.970. The standard InChI is InChI=1S/C12H10Cl2N2OS/c13-9-3-1-8(7-10(9)14)2-4-11(17)16-12-15-5-6-18-12/h1-4,7H,5-6H2,(H,15,16,17). The van der Waals surface area contributed by atoms with Crippen molar-refractivity contribution in [2.45, 2.75) is 0 Å². The van der Waals surface area contributed by atoms with Crippen LogP contribution in [0.3, 0.4) is 0 Å². The molecular formula is C12H10Cl2N2OS. The van der Waals surface area contributed by atoms with Crippen molar-refractivity contribution in [2.75, 3.05) is 12.3 Å². The van der Waals surface area contributed by atoms with Gasteiger partial charge >= 0.3 is 0 Å². The summed E-state index contributed by atoms with van der Waals surface area (Å²) in [6.45, 7) is 0.761. The van der Waals surface area contributed by atoms with E-state index in [-0.39, 0.29) is 5.91 Å². The molecule has 0 unspecified atom stereocenters. The van der Waals surface area contributed by atoms with Crippen LogP contribution in [-0.2, 0) is 4.79 Å². The zero-order chi connectivity index (χ0) is 13.0. The molecule has 1 heterocycles. The number of benzene rings is 1. The molecule has 1 aromatic carbocycles. The number of hydrogen-bond acceptors (Lipinski definition) is 3. The molecule has 1 aliphatic heterocycles. The fourth-order valence-electron chi connectivity index (χ4n) is 1.35. The van der Waals surface area contributed by atoms with Crippen molar-refractivity contribution in [3.05, 3.63) is 39.9 Å². The lowest BCUT2D eigenvalue weighted by Crippen LogP contribution is -2.25. The minimum Gasteiger partial charge on any atom is -0.302 e. The molecule has 18 heavy (non-hydrogen) atoms. The van der Waals surface area contributed by atoms with Gasteiger partial charge < -0.3 is 5.32 Å². The lowest BCUT2D eigenvalue weighted by molar-refractivity contribution is -0.115. The Morgan fingerprint density at radius 1 is 1.39 bits per heavy atom. The molecule has 1 N–H and O–H groups in total. The van der Waals surface area contributed by atoms with Crippen LogP contribution in [0.25, 0.3) is 6.08 Å². The van der Waals surface area contributed by atoms with Gasteiger partial charge in [0, 0.05) is 11.8 Å². The van der Waals surface area contributed by atoms with E-state index in [0.29, 0.717) is 15.2 Å². The van der Waals surface area contributed by atoms with Gasteiger partial charge in [-0.25, -0.2) is 0 Å². The average Bonchev–Trinajstić information content (AvgIpc) is 2.83. The first-order chi connectivity index (χ1) is 8.65. The number of amidine groups is 1. The lowest BCUT2D eigenvalue weighted by Gasteiger charge is -2.00. The zero-order valence-corrected chi connectivity index (χ0v) is 11.6. The molecule has 0 aliphatic carbocycles. The minimum atomic E-state index is -0.200. The third-order valence-electron chi connectivity index (χ3n) is 2.19. The highest BCUT2D eigenvalue weighted by atomic mass is 35.5. The van der Waals surface area contributed by atoms with Crippen molar-refractivity contribution in [3.63, 3.8) is 0 Å². The average molecular weight is 301 g/mol. The van der Waals surface area contributed by atoms with E-state index in [4.69, 9.17) is 23.2 Å². The third kappa shape index (κ3) is 3.77. The van der Waals surface area contributed by atoms with Gasteiger partial charge in [0.2, 0.25) is 5.91 Å². The van der Waals surface area contributed by atoms with E-state index in [1.54, 1.807) is 36.0 Å². The number of aliphatic imine (C=N–C) groups is 1. The normalized spacial score (nSPS) is 14.9. The summed E-state index contributed by atoms with van der Waals surface area (Å²) in [4.78, 5) is 15.7. The highest BCUT2D eigenvalue weighted by molar-refractivity contribution is 8.14. The van der Waals surface area contributed by atoms with Crippen LogP contribution in [0.1, 0.15) is 5.56 Å². The smallest absolute Gasteiger partial charge is 0.249 e. The second-order valence-corrected chi connectivity index (χ2v) is 5.43. The predicted octanol–water partition coefficient (Wildman–Crippen LogP) is 3.23. The van der Waals surface area contributed by atoms with E-state index in [1.165, 1.54) is 6.08 Å². The second kappa shape index (κ2) is 6.27. The Bertz CT molecular complexity index is 529. The Morgan fingerprint density at radius 3 is 2.89 bits per heavy atom. The number of rotatable bonds is 2. The van der Waals surface area contributed by atoms with Crippen LogP contribution in [0.4, 0.5) is 0 Å². The molecule has 1 aromatic rings. The number of hydrogen-bond donors (Lipinski definition) is 1. The molecule has 94 valence electrons. The van der Waals surface area contributed by atoms with Crippen molar-refractivity contribution < 1.29 is 4.79 Å². The van der Waals surface area contributed by atoms with Gasteiger partial charge in [-0.3, -0.25) is 9.79 Å². The Kier molecular flexibility index (Phi) is 4.69. The van der Waals surface area contributed by atoms with Crippen LogP contribution < -0.4 is 5.32 Å². The first-order valence-corrected chi connectivity index (χ1v) is 7.00. The summed E-state index contributed by atoms with van der Waals surface area (Å²) < 4.78 is 0. The number of nitrogens with one attached hydrogen (secondary N) is 1. The third-order valence-corrected chi connectivity index (χ3v) is 3.82. The molecule has 0 saturated heterocycles. The number of carbonyl (C=O) groups is 1. The van der Waals surface area contributed by atoms with E-state index >= 15 is 0 Å². The molecule has 0 fully saturated rings. The van der Waals surface area contributed by atoms with Gasteiger partial charge in [-0.05, 0) is 23.8 Å². The summed E-state index contributed by atoms with van der Waals surface area (Å²) in [5.41, 5.74) is 0.820. The summed E-state index contributed by atoms with van der Waals surface area (Å²) in [6.07, 6.45) is 3.12. The van der Waals surface area contributed by atoms with Crippen LogP contribution >= 0.6 is 35.0 Å². The first kappa shape index (κ1) is 13.5. The van der Waals surface area contributed by atoms with E-state index in [2.05, 4.69) is 10.3 Å². The molecule has 0 aromatic heterocycles. The maximum absolute atomic E-state index is 11.6. The lowest BCUT2D eigenvalue weighted by atomic mass is 10.2. The predicted molar refractivity (Wildman–Crippen MR) is 78.4 cm³/mol. The molecule has 2 rings (SSSR count). The molecular weight excluding hydrogens is 291 g/mol. The van der Waals surface area contributed by atoms with Crippen LogP contribution in [0.2, 0.25) is 10.0 Å². The van der Waals surface area contributed by atoms with Gasteiger partial charge in [-0.2, -0.15) is 0 Å². The van der Waals surface area contributed by atoms with E-state index in [1.807, 2.05) is 0 Å². The van der Waals surface area contributed by atoms with Gasteiger partial charge in [-0.15, -0.1) is 0 Å². The second-order valence-electron chi connectivity index (χ2n) is 3.53. The van der Waals surface area contributed by atoms with Crippen LogP contribution in [0.5, 0.6) is 0 Å². The Balaban J connectivity index is 1.97. The first-order valence-electron chi connectivity index (χ1n) is 5.26. The summed E-state index contributed by atoms with van der Waals surface area (Å²) in [6, 6.07) is 5.19. The van der Waals surface area contributed by atoms with Gasteiger partial charge in [0.15, 0.2) is 5.17 Å². The molecule has 1 amide bonds. The number of amides is 1. The Labute approximate surface area is 119 Å². The molecule has 0 radical (unpaired) electrons. The number of halogens is 2. The van der Waals surface area contributed by atoms with Crippen molar-refractivity contribution in [1.82, 2.24) is 5.32 Å². The summed E-state index contributed by atoms with van der Waals surface area (Å²) >= 11 is 13.2. The van der Waals surface area contributed by atoms with Crippen molar-refractivity contribution >= 4 is 52.1 Å². The summed E-state index contributed by atoms with van der Waals surface area (Å²) in [7, 11) is 0. The van der Waals surface area contributed by atoms with Crippen LogP contribution in [0.15, 0.2) is 29.3 Å². The zero-order valence-electron chi connectivity index (χ0n) is 9.32. The fraction of sp³-hybridized carbons (Fsp3) is 0.167. The van der Waals surface area contributed by atoms with Gasteiger partial charge in [0.1, 0.15) is 0 Å². The van der Waals surface area contributed by atoms with Gasteiger partial charge in [0.25, 0.3) is 0 Å². The van der Waals surface area contributed by atoms with Crippen molar-refractivity contribution in [2.24, 2.45) is 4.99 Å². The largest absolute Gasteiger partial charge is 0.302 e. The molecule has 1 aliphatic rings. The van der Waals surface area contributed by atoms with Gasteiger partial charge in [-0.1, -0.05) is 41.0 Å². The van der Waals surface area contributed by atoms with Crippen LogP contribution in [0, 0.1) is 0 Å². The molecule has 6 heteroatoms. The maximum Gasteiger partial charge on any atom is 0.249 e. The number of nitrogens with zero attached hydrogens (tertiary/aromatic N) is 1. The highest BCUT2D eigenvalue weighted by Gasteiger charge is 2.08. The van der Waals surface area contributed by atoms with Crippen molar-refractivity contribution in [1.29, 1.82) is 0 Å². The SMILES string of the molecule is O=C(C=Cc1ccc(Cl)c(Cl)c1)NC1=NCCS1. The Morgan fingerprint density at radius 2 is 2.22 bits per heavy atom. The van der Waals surface area contributed by atoms with Gasteiger partial charge in [0.05, 0.1) is 16.6 Å². The summed E-state index contributed by atoms with van der Waals surface area (Å²) in [5.74, 6) is 0.723. The number of carbonyl (C=O) groups excluding carboxylic acids is 1. The van der Waals surface area contributed by atoms with E-state index in [0.717, 1.165) is 17.9 Å². The monoisotopic (exact) mass is 300 g/mol. The molecule has 0 spiro atoms. The minimum absolute atomic E-state index is 0.200. The number of thioether (sulfide) groups is 1.